The van der Waals surface area contributed by atoms with Gasteiger partial charge in [-0.05, 0) is 48.1 Å². The Morgan fingerprint density at radius 2 is 1.34 bits per heavy atom. The summed E-state index contributed by atoms with van der Waals surface area (Å²) in [6, 6.07) is 10.7. The van der Waals surface area contributed by atoms with Crippen molar-refractivity contribution in [2.75, 3.05) is 0 Å². The van der Waals surface area contributed by atoms with Crippen molar-refractivity contribution in [3.8, 4) is 22.6 Å². The second-order valence-corrected chi connectivity index (χ2v) is 13.4. The van der Waals surface area contributed by atoms with E-state index < -0.39 is 0 Å². The van der Waals surface area contributed by atoms with Crippen molar-refractivity contribution >= 4 is 9.52 Å². The fraction of sp³-hybridized carbons (Fsp3) is 0.676. The number of benzene rings is 1. The highest BCUT2D eigenvalue weighted by Crippen LogP contribution is 2.38. The molecule has 0 saturated carbocycles. The van der Waals surface area contributed by atoms with Gasteiger partial charge in [0.05, 0.1) is 0 Å². The maximum Gasteiger partial charge on any atom is 0.215 e. The zero-order chi connectivity index (χ0) is 27.0. The van der Waals surface area contributed by atoms with Crippen LogP contribution in [0.3, 0.4) is 0 Å². The number of hydrogen-bond donors (Lipinski definition) is 0. The number of aromatic nitrogens is 1. The van der Waals surface area contributed by atoms with E-state index in [1.54, 1.807) is 0 Å². The summed E-state index contributed by atoms with van der Waals surface area (Å²) in [7, 11) is 0.668. The van der Waals surface area contributed by atoms with Crippen LogP contribution in [0, 0.1) is 5.92 Å². The maximum absolute atomic E-state index is 6.23. The van der Waals surface area contributed by atoms with Crippen LogP contribution in [-0.2, 0) is 6.42 Å². The fourth-order valence-corrected chi connectivity index (χ4v) is 6.58. The van der Waals surface area contributed by atoms with E-state index >= 15 is 0 Å². The quantitative estimate of drug-likeness (QED) is 0.125. The third kappa shape index (κ3) is 11.1. The Balaban J connectivity index is 1.33. The van der Waals surface area contributed by atoms with Crippen LogP contribution >= 0.6 is 0 Å². The minimum absolute atomic E-state index is 0.132. The molecular formula is C34H53NO2Si. The van der Waals surface area contributed by atoms with E-state index in [9.17, 15) is 0 Å². The van der Waals surface area contributed by atoms with Crippen LogP contribution in [0.2, 0.25) is 5.54 Å². The molecule has 1 aromatic heterocycles. The lowest BCUT2D eigenvalue weighted by atomic mass is 9.96. The van der Waals surface area contributed by atoms with E-state index in [2.05, 4.69) is 58.0 Å². The molecule has 0 aliphatic carbocycles. The molecule has 2 aromatic rings. The third-order valence-corrected chi connectivity index (χ3v) is 9.28. The van der Waals surface area contributed by atoms with Gasteiger partial charge in [0.15, 0.2) is 21.0 Å². The number of pyridine rings is 1. The van der Waals surface area contributed by atoms with Gasteiger partial charge in [0, 0.05) is 17.5 Å². The highest BCUT2D eigenvalue weighted by Gasteiger charge is 2.27. The van der Waals surface area contributed by atoms with Crippen molar-refractivity contribution < 1.29 is 9.47 Å². The number of nitrogens with zero attached hydrogens (tertiary/aromatic N) is 1. The molecule has 0 spiro atoms. The number of rotatable bonds is 20. The minimum Gasteiger partial charge on any atom is -0.456 e. The van der Waals surface area contributed by atoms with Gasteiger partial charge < -0.3 is 9.47 Å². The molecule has 3 unspecified atom stereocenters. The fourth-order valence-electron chi connectivity index (χ4n) is 5.35. The molecule has 38 heavy (non-hydrogen) atoms. The lowest BCUT2D eigenvalue weighted by Crippen LogP contribution is -2.28. The van der Waals surface area contributed by atoms with Gasteiger partial charge >= 0.3 is 0 Å². The zero-order valence-electron chi connectivity index (χ0n) is 24.8. The van der Waals surface area contributed by atoms with Crippen LogP contribution in [0.1, 0.15) is 130 Å². The normalized spacial score (nSPS) is 16.1. The van der Waals surface area contributed by atoms with Crippen molar-refractivity contribution in [3.05, 3.63) is 42.2 Å². The highest BCUT2D eigenvalue weighted by molar-refractivity contribution is 6.38. The van der Waals surface area contributed by atoms with Crippen molar-refractivity contribution in [1.29, 1.82) is 0 Å². The lowest BCUT2D eigenvalue weighted by molar-refractivity contribution is 0.122. The first-order valence-corrected chi connectivity index (χ1v) is 16.9. The average Bonchev–Trinajstić information content (AvgIpc) is 3.32. The maximum atomic E-state index is 6.23. The minimum atomic E-state index is -0.132. The van der Waals surface area contributed by atoms with E-state index in [0.717, 1.165) is 35.0 Å². The first-order chi connectivity index (χ1) is 18.6. The summed E-state index contributed by atoms with van der Waals surface area (Å²) in [5, 5.41) is 0. The van der Waals surface area contributed by atoms with Gasteiger partial charge in [0.1, 0.15) is 0 Å². The van der Waals surface area contributed by atoms with E-state index in [1.807, 2.05) is 6.20 Å². The molecule has 210 valence electrons. The Bertz CT molecular complexity index is 900. The Hall–Kier alpha value is -1.81. The first-order valence-electron chi connectivity index (χ1n) is 15.8. The summed E-state index contributed by atoms with van der Waals surface area (Å²) in [5.41, 5.74) is 4.12. The number of hydrogen-bond acceptors (Lipinski definition) is 3. The molecule has 1 aliphatic heterocycles. The van der Waals surface area contributed by atoms with Crippen molar-refractivity contribution in [2.24, 2.45) is 5.92 Å². The van der Waals surface area contributed by atoms with E-state index in [-0.39, 0.29) is 5.91 Å². The summed E-state index contributed by atoms with van der Waals surface area (Å²) >= 11 is 0. The molecule has 0 N–H and O–H groups in total. The number of unbranched alkanes of at least 4 members (excludes halogenated alkanes) is 9. The largest absolute Gasteiger partial charge is 0.456 e. The molecule has 2 heterocycles. The Morgan fingerprint density at radius 3 is 2.08 bits per heavy atom. The molecule has 3 rings (SSSR count). The SMILES string of the molecule is CCCCCCCc1ccc(-c2ccc3c(c2)OC([Si]C(C)CCCCCCC(C)CCCCC)O3)cn1. The van der Waals surface area contributed by atoms with Crippen LogP contribution in [-0.4, -0.2) is 20.4 Å². The summed E-state index contributed by atoms with van der Waals surface area (Å²) in [6.45, 7) is 9.34. The van der Waals surface area contributed by atoms with Gasteiger partial charge in [-0.15, -0.1) is 0 Å². The number of ether oxygens (including phenoxy) is 2. The molecule has 3 nitrogen and oxygen atoms in total. The summed E-state index contributed by atoms with van der Waals surface area (Å²) in [5.74, 6) is 2.53. The Kier molecular flexibility index (Phi) is 14.3. The third-order valence-electron chi connectivity index (χ3n) is 7.91. The average molecular weight is 536 g/mol. The lowest BCUT2D eigenvalue weighted by Gasteiger charge is -2.15. The van der Waals surface area contributed by atoms with Crippen LogP contribution in [0.15, 0.2) is 36.5 Å². The van der Waals surface area contributed by atoms with Gasteiger partial charge in [-0.2, -0.15) is 0 Å². The van der Waals surface area contributed by atoms with Gasteiger partial charge in [-0.3, -0.25) is 4.98 Å². The molecule has 3 atom stereocenters. The topological polar surface area (TPSA) is 31.4 Å². The molecule has 0 amide bonds. The second kappa shape index (κ2) is 17.7. The van der Waals surface area contributed by atoms with Crippen molar-refractivity contribution in [1.82, 2.24) is 4.98 Å². The van der Waals surface area contributed by atoms with Crippen LogP contribution in [0.5, 0.6) is 11.5 Å². The van der Waals surface area contributed by atoms with Gasteiger partial charge in [-0.25, -0.2) is 0 Å². The first kappa shape index (κ1) is 30.7. The van der Waals surface area contributed by atoms with E-state index in [1.165, 1.54) is 102 Å². The summed E-state index contributed by atoms with van der Waals surface area (Å²) in [4.78, 5) is 4.72. The zero-order valence-corrected chi connectivity index (χ0v) is 25.8. The summed E-state index contributed by atoms with van der Waals surface area (Å²) < 4.78 is 12.4. The number of fused-ring (bicyclic) bond motifs is 1. The van der Waals surface area contributed by atoms with Gasteiger partial charge in [-0.1, -0.05) is 130 Å². The van der Waals surface area contributed by atoms with Gasteiger partial charge in [0.2, 0.25) is 5.91 Å². The molecular weight excluding hydrogens is 482 g/mol. The Labute approximate surface area is 236 Å². The number of aryl methyl sites for hydroxylation is 1. The second-order valence-electron chi connectivity index (χ2n) is 11.6. The molecule has 1 aliphatic rings. The van der Waals surface area contributed by atoms with Crippen molar-refractivity contribution in [3.63, 3.8) is 0 Å². The molecule has 0 fully saturated rings. The molecule has 1 aromatic carbocycles. The molecule has 0 bridgehead atoms. The van der Waals surface area contributed by atoms with Crippen LogP contribution in [0.25, 0.3) is 11.1 Å². The smallest absolute Gasteiger partial charge is 0.215 e. The van der Waals surface area contributed by atoms with Crippen molar-refractivity contribution in [2.45, 2.75) is 142 Å². The predicted octanol–water partition coefficient (Wildman–Crippen LogP) is 10.4. The van der Waals surface area contributed by atoms with Gasteiger partial charge in [0.25, 0.3) is 0 Å². The Morgan fingerprint density at radius 1 is 0.711 bits per heavy atom. The summed E-state index contributed by atoms with van der Waals surface area (Å²) in [6.07, 6.45) is 23.3. The molecule has 4 heteroatoms. The van der Waals surface area contributed by atoms with E-state index in [0.29, 0.717) is 15.1 Å². The van der Waals surface area contributed by atoms with Crippen LogP contribution in [0.4, 0.5) is 0 Å². The molecule has 0 saturated heterocycles. The standard InChI is InChI=1S/C34H53NO2Si/c1-5-7-9-10-16-20-31-23-21-30(26-35-31)29-22-24-32-33(25-29)37-34(36-32)38-28(4)19-15-12-11-14-18-27(3)17-13-8-6-2/h21-28,34H,5-20H2,1-4H3. The molecule has 2 radical (unpaired) electrons. The highest BCUT2D eigenvalue weighted by atomic mass is 28.2. The van der Waals surface area contributed by atoms with Crippen LogP contribution < -0.4 is 9.47 Å². The predicted molar refractivity (Wildman–Crippen MR) is 163 cm³/mol. The monoisotopic (exact) mass is 535 g/mol. The van der Waals surface area contributed by atoms with E-state index in [4.69, 9.17) is 14.5 Å².